The summed E-state index contributed by atoms with van der Waals surface area (Å²) >= 11 is 1.04. The highest BCUT2D eigenvalue weighted by Gasteiger charge is 2.15. The second-order valence-electron chi connectivity index (χ2n) is 3.18. The molecular weight excluding hydrogens is 250 g/mol. The van der Waals surface area contributed by atoms with Crippen molar-refractivity contribution < 1.29 is 13.2 Å². The van der Waals surface area contributed by atoms with Gasteiger partial charge in [-0.3, -0.25) is 10.2 Å². The van der Waals surface area contributed by atoms with E-state index in [2.05, 4.69) is 4.98 Å². The van der Waals surface area contributed by atoms with Crippen LogP contribution in [0.2, 0.25) is 0 Å². The molecule has 8 heteroatoms. The maximum atomic E-state index is 11.5. The van der Waals surface area contributed by atoms with Crippen LogP contribution < -0.4 is 11.3 Å². The average Bonchev–Trinajstić information content (AvgIpc) is 2.64. The van der Waals surface area contributed by atoms with Gasteiger partial charge in [0.25, 0.3) is 5.91 Å². The van der Waals surface area contributed by atoms with Gasteiger partial charge in [-0.2, -0.15) is 0 Å². The van der Waals surface area contributed by atoms with Crippen LogP contribution in [0.5, 0.6) is 0 Å². The lowest BCUT2D eigenvalue weighted by atomic mass is 10.5. The maximum absolute atomic E-state index is 11.5. The molecule has 0 aromatic carbocycles. The standard InChI is InChI=1S/C8H13N3O3S2/c1-2-3-16(13,14)5-7-10-4-6(15-7)8(12)11-9/h4H,2-3,5,9H2,1H3,(H,11,12). The van der Waals surface area contributed by atoms with E-state index in [0.29, 0.717) is 16.3 Å². The second kappa shape index (κ2) is 5.37. The van der Waals surface area contributed by atoms with E-state index in [-0.39, 0.29) is 11.5 Å². The van der Waals surface area contributed by atoms with E-state index in [4.69, 9.17) is 5.84 Å². The fourth-order valence-corrected chi connectivity index (χ4v) is 3.73. The molecule has 1 amide bonds. The van der Waals surface area contributed by atoms with Gasteiger partial charge < -0.3 is 0 Å². The number of hydrazine groups is 1. The van der Waals surface area contributed by atoms with Gasteiger partial charge in [0.15, 0.2) is 9.84 Å². The first kappa shape index (κ1) is 13.1. The Labute approximate surface area is 97.8 Å². The van der Waals surface area contributed by atoms with Crippen LogP contribution in [0.3, 0.4) is 0 Å². The van der Waals surface area contributed by atoms with Crippen molar-refractivity contribution in [3.05, 3.63) is 16.1 Å². The molecule has 0 aliphatic heterocycles. The van der Waals surface area contributed by atoms with Crippen molar-refractivity contribution in [2.75, 3.05) is 5.75 Å². The van der Waals surface area contributed by atoms with E-state index in [1.165, 1.54) is 6.20 Å². The number of nitrogen functional groups attached to an aromatic ring is 1. The molecule has 0 radical (unpaired) electrons. The van der Waals surface area contributed by atoms with Crippen LogP contribution in [0.25, 0.3) is 0 Å². The molecule has 0 aliphatic rings. The zero-order valence-corrected chi connectivity index (χ0v) is 10.4. The van der Waals surface area contributed by atoms with Crippen LogP contribution in [0, 0.1) is 0 Å². The van der Waals surface area contributed by atoms with E-state index < -0.39 is 15.7 Å². The van der Waals surface area contributed by atoms with Crippen molar-refractivity contribution in [2.45, 2.75) is 19.1 Å². The number of nitrogens with one attached hydrogen (secondary N) is 1. The SMILES string of the molecule is CCCS(=O)(=O)Cc1ncc(C(=O)NN)s1. The molecule has 6 nitrogen and oxygen atoms in total. The van der Waals surface area contributed by atoms with Gasteiger partial charge >= 0.3 is 0 Å². The Hall–Kier alpha value is -0.990. The summed E-state index contributed by atoms with van der Waals surface area (Å²) in [6.45, 7) is 1.80. The highest BCUT2D eigenvalue weighted by atomic mass is 32.2. The number of thiazole rings is 1. The molecule has 1 heterocycles. The van der Waals surface area contributed by atoms with Gasteiger partial charge in [0.1, 0.15) is 15.6 Å². The van der Waals surface area contributed by atoms with Crippen LogP contribution in [0.15, 0.2) is 6.20 Å². The third kappa shape index (κ3) is 3.54. The minimum atomic E-state index is -3.12. The molecule has 0 saturated heterocycles. The topological polar surface area (TPSA) is 102 Å². The summed E-state index contributed by atoms with van der Waals surface area (Å²) in [4.78, 5) is 15.3. The van der Waals surface area contributed by atoms with Crippen LogP contribution in [-0.2, 0) is 15.6 Å². The Morgan fingerprint density at radius 3 is 2.88 bits per heavy atom. The van der Waals surface area contributed by atoms with Crippen molar-refractivity contribution in [2.24, 2.45) is 5.84 Å². The Balaban J connectivity index is 2.76. The van der Waals surface area contributed by atoms with E-state index in [9.17, 15) is 13.2 Å². The summed E-state index contributed by atoms with van der Waals surface area (Å²) < 4.78 is 23.0. The van der Waals surface area contributed by atoms with E-state index >= 15 is 0 Å². The Kier molecular flexibility index (Phi) is 4.39. The highest BCUT2D eigenvalue weighted by molar-refractivity contribution is 7.90. The number of hydrogen-bond acceptors (Lipinski definition) is 6. The summed E-state index contributed by atoms with van der Waals surface area (Å²) in [5.74, 6) is 4.50. The molecule has 0 fully saturated rings. The molecule has 1 aromatic heterocycles. The Morgan fingerprint density at radius 1 is 1.62 bits per heavy atom. The molecule has 0 atom stereocenters. The van der Waals surface area contributed by atoms with Crippen molar-refractivity contribution in [1.82, 2.24) is 10.4 Å². The minimum absolute atomic E-state index is 0.122. The first-order valence-corrected chi connectivity index (χ1v) is 7.28. The quantitative estimate of drug-likeness (QED) is 0.444. The predicted molar refractivity (Wildman–Crippen MR) is 61.5 cm³/mol. The summed E-state index contributed by atoms with van der Waals surface area (Å²) in [5.41, 5.74) is 1.96. The van der Waals surface area contributed by atoms with Crippen molar-refractivity contribution >= 4 is 27.1 Å². The van der Waals surface area contributed by atoms with Crippen molar-refractivity contribution in [1.29, 1.82) is 0 Å². The summed E-state index contributed by atoms with van der Waals surface area (Å²) in [7, 11) is -3.12. The lowest BCUT2D eigenvalue weighted by Gasteiger charge is -1.98. The number of rotatable bonds is 5. The van der Waals surface area contributed by atoms with Gasteiger partial charge in [-0.15, -0.1) is 11.3 Å². The zero-order chi connectivity index (χ0) is 12.2. The van der Waals surface area contributed by atoms with E-state index in [1.807, 2.05) is 5.43 Å². The van der Waals surface area contributed by atoms with E-state index in [0.717, 1.165) is 11.3 Å². The number of nitrogens with zero attached hydrogens (tertiary/aromatic N) is 1. The molecule has 90 valence electrons. The maximum Gasteiger partial charge on any atom is 0.276 e. The lowest BCUT2D eigenvalue weighted by Crippen LogP contribution is -2.29. The normalized spacial score (nSPS) is 11.4. The largest absolute Gasteiger partial charge is 0.289 e. The molecule has 0 saturated carbocycles. The average molecular weight is 263 g/mol. The molecule has 0 unspecified atom stereocenters. The van der Waals surface area contributed by atoms with Crippen molar-refractivity contribution in [3.63, 3.8) is 0 Å². The van der Waals surface area contributed by atoms with E-state index in [1.54, 1.807) is 6.92 Å². The number of carbonyl (C=O) groups is 1. The fraction of sp³-hybridized carbons (Fsp3) is 0.500. The van der Waals surface area contributed by atoms with Gasteiger partial charge in [-0.25, -0.2) is 19.2 Å². The number of nitrogens with two attached hydrogens (primary N) is 1. The van der Waals surface area contributed by atoms with Crippen LogP contribution in [0.1, 0.15) is 28.0 Å². The molecule has 1 rings (SSSR count). The van der Waals surface area contributed by atoms with Gasteiger partial charge in [0.2, 0.25) is 0 Å². The van der Waals surface area contributed by atoms with Gasteiger partial charge in [0, 0.05) is 0 Å². The molecular formula is C8H13N3O3S2. The highest BCUT2D eigenvalue weighted by Crippen LogP contribution is 2.16. The van der Waals surface area contributed by atoms with Gasteiger partial charge in [-0.1, -0.05) is 6.92 Å². The number of hydrogen-bond donors (Lipinski definition) is 2. The van der Waals surface area contributed by atoms with Crippen molar-refractivity contribution in [3.8, 4) is 0 Å². The summed E-state index contributed by atoms with van der Waals surface area (Å²) in [6, 6.07) is 0. The molecule has 16 heavy (non-hydrogen) atoms. The number of aromatic nitrogens is 1. The summed E-state index contributed by atoms with van der Waals surface area (Å²) in [5, 5.41) is 0.409. The minimum Gasteiger partial charge on any atom is -0.289 e. The second-order valence-corrected chi connectivity index (χ2v) is 6.48. The molecule has 0 spiro atoms. The number of sulfone groups is 1. The fourth-order valence-electron chi connectivity index (χ4n) is 1.12. The van der Waals surface area contributed by atoms with Gasteiger partial charge in [0.05, 0.1) is 11.9 Å². The zero-order valence-electron chi connectivity index (χ0n) is 8.76. The summed E-state index contributed by atoms with van der Waals surface area (Å²) in [6.07, 6.45) is 1.90. The van der Waals surface area contributed by atoms with Crippen LogP contribution >= 0.6 is 11.3 Å². The number of amides is 1. The molecule has 3 N–H and O–H groups in total. The first-order chi connectivity index (χ1) is 7.48. The molecule has 1 aromatic rings. The third-order valence-electron chi connectivity index (χ3n) is 1.77. The first-order valence-electron chi connectivity index (χ1n) is 4.64. The smallest absolute Gasteiger partial charge is 0.276 e. The van der Waals surface area contributed by atoms with Crippen LogP contribution in [-0.4, -0.2) is 25.1 Å². The lowest BCUT2D eigenvalue weighted by molar-refractivity contribution is 0.0957. The monoisotopic (exact) mass is 263 g/mol. The third-order valence-corrected chi connectivity index (χ3v) is 4.69. The number of carbonyl (C=O) groups excluding carboxylic acids is 1. The Morgan fingerprint density at radius 2 is 2.31 bits per heavy atom. The molecule has 0 bridgehead atoms. The van der Waals surface area contributed by atoms with Gasteiger partial charge in [-0.05, 0) is 6.42 Å². The van der Waals surface area contributed by atoms with Crippen LogP contribution in [0.4, 0.5) is 0 Å². The predicted octanol–water partition coefficient (Wildman–Crippen LogP) is 0.0714. The molecule has 0 aliphatic carbocycles. The Bertz CT molecular complexity index is 467.